The monoisotopic (exact) mass is 301 g/mol. The van der Waals surface area contributed by atoms with E-state index in [-0.39, 0.29) is 11.8 Å². The van der Waals surface area contributed by atoms with E-state index < -0.39 is 10.0 Å². The topological polar surface area (TPSA) is 37.4 Å². The Hall–Kier alpha value is -0.580. The van der Waals surface area contributed by atoms with Crippen molar-refractivity contribution in [1.82, 2.24) is 4.31 Å². The van der Waals surface area contributed by atoms with Crippen molar-refractivity contribution in [3.63, 3.8) is 0 Å². The standard InChI is InChI=1S/C14H20ClNO2S/c1-2-13-8-5-6-10-16(13)19(17,18)11-12-7-3-4-9-14(12)15/h3-4,7,9,13H,2,5-6,8,10-11H2,1H3/t13-/m1/s1. The van der Waals surface area contributed by atoms with E-state index in [0.29, 0.717) is 17.1 Å². The van der Waals surface area contributed by atoms with Crippen LogP contribution < -0.4 is 0 Å². The van der Waals surface area contributed by atoms with Crippen molar-refractivity contribution < 1.29 is 8.42 Å². The summed E-state index contributed by atoms with van der Waals surface area (Å²) in [5.41, 5.74) is 0.685. The lowest BCUT2D eigenvalue weighted by Crippen LogP contribution is -2.43. The van der Waals surface area contributed by atoms with Gasteiger partial charge in [0.05, 0.1) is 5.75 Å². The molecule has 1 aliphatic rings. The number of sulfonamides is 1. The third kappa shape index (κ3) is 3.50. The van der Waals surface area contributed by atoms with Gasteiger partial charge >= 0.3 is 0 Å². The molecule has 0 aromatic heterocycles. The minimum absolute atomic E-state index is 0.00315. The van der Waals surface area contributed by atoms with E-state index in [1.54, 1.807) is 16.4 Å². The van der Waals surface area contributed by atoms with Crippen LogP contribution in [0.2, 0.25) is 5.02 Å². The number of rotatable bonds is 4. The van der Waals surface area contributed by atoms with Gasteiger partial charge in [0, 0.05) is 17.6 Å². The van der Waals surface area contributed by atoms with Gasteiger partial charge in [-0.2, -0.15) is 4.31 Å². The zero-order chi connectivity index (χ0) is 13.9. The van der Waals surface area contributed by atoms with Crippen LogP contribution in [0.4, 0.5) is 0 Å². The van der Waals surface area contributed by atoms with Crippen LogP contribution in [0, 0.1) is 0 Å². The second kappa shape index (κ2) is 6.25. The second-order valence-corrected chi connectivity index (χ2v) is 7.34. The first-order valence-electron chi connectivity index (χ1n) is 6.77. The quantitative estimate of drug-likeness (QED) is 0.854. The fourth-order valence-corrected chi connectivity index (χ4v) is 4.85. The van der Waals surface area contributed by atoms with Crippen molar-refractivity contribution in [3.8, 4) is 0 Å². The van der Waals surface area contributed by atoms with Crippen LogP contribution in [-0.2, 0) is 15.8 Å². The molecule has 1 aromatic rings. The van der Waals surface area contributed by atoms with Gasteiger partial charge in [0.2, 0.25) is 10.0 Å². The van der Waals surface area contributed by atoms with Crippen molar-refractivity contribution in [2.45, 2.75) is 44.4 Å². The van der Waals surface area contributed by atoms with Gasteiger partial charge in [-0.1, -0.05) is 43.1 Å². The van der Waals surface area contributed by atoms with Crippen molar-refractivity contribution in [1.29, 1.82) is 0 Å². The Morgan fingerprint density at radius 3 is 2.74 bits per heavy atom. The molecule has 0 N–H and O–H groups in total. The molecule has 0 radical (unpaired) electrons. The number of hydrogen-bond acceptors (Lipinski definition) is 2. The molecule has 0 amide bonds. The highest BCUT2D eigenvalue weighted by atomic mass is 35.5. The maximum Gasteiger partial charge on any atom is 0.218 e. The SMILES string of the molecule is CC[C@@H]1CCCCN1S(=O)(=O)Cc1ccccc1Cl. The fourth-order valence-electron chi connectivity index (χ4n) is 2.64. The molecule has 1 heterocycles. The molecule has 0 aliphatic carbocycles. The lowest BCUT2D eigenvalue weighted by atomic mass is 10.0. The molecule has 1 fully saturated rings. The zero-order valence-electron chi connectivity index (χ0n) is 11.2. The van der Waals surface area contributed by atoms with Crippen LogP contribution in [0.25, 0.3) is 0 Å². The van der Waals surface area contributed by atoms with Gasteiger partial charge in [0.25, 0.3) is 0 Å². The Bertz CT molecular complexity index is 530. The summed E-state index contributed by atoms with van der Waals surface area (Å²) < 4.78 is 26.8. The molecule has 1 saturated heterocycles. The van der Waals surface area contributed by atoms with Gasteiger partial charge in [0.15, 0.2) is 0 Å². The third-order valence-corrected chi connectivity index (χ3v) is 5.94. The van der Waals surface area contributed by atoms with E-state index in [1.807, 2.05) is 19.1 Å². The molecule has 0 bridgehead atoms. The van der Waals surface area contributed by atoms with Gasteiger partial charge in [-0.15, -0.1) is 0 Å². The maximum atomic E-state index is 12.5. The molecule has 1 aliphatic heterocycles. The number of nitrogens with zero attached hydrogens (tertiary/aromatic N) is 1. The molecular formula is C14H20ClNO2S. The van der Waals surface area contributed by atoms with Crippen LogP contribution in [0.1, 0.15) is 38.2 Å². The first-order chi connectivity index (χ1) is 9.04. The Morgan fingerprint density at radius 2 is 2.05 bits per heavy atom. The largest absolute Gasteiger partial charge is 0.218 e. The van der Waals surface area contributed by atoms with Crippen LogP contribution in [-0.4, -0.2) is 25.3 Å². The fraction of sp³-hybridized carbons (Fsp3) is 0.571. The van der Waals surface area contributed by atoms with E-state index in [9.17, 15) is 8.42 Å². The van der Waals surface area contributed by atoms with E-state index in [0.717, 1.165) is 25.7 Å². The molecule has 106 valence electrons. The highest BCUT2D eigenvalue weighted by Gasteiger charge is 2.31. The van der Waals surface area contributed by atoms with E-state index in [1.165, 1.54) is 0 Å². The minimum Gasteiger partial charge on any atom is -0.212 e. The van der Waals surface area contributed by atoms with Crippen molar-refractivity contribution >= 4 is 21.6 Å². The first kappa shape index (κ1) is 14.8. The molecule has 0 unspecified atom stereocenters. The lowest BCUT2D eigenvalue weighted by molar-refractivity contribution is 0.246. The van der Waals surface area contributed by atoms with Gasteiger partial charge in [0.1, 0.15) is 0 Å². The molecule has 3 nitrogen and oxygen atoms in total. The van der Waals surface area contributed by atoms with Crippen LogP contribution in [0.3, 0.4) is 0 Å². The van der Waals surface area contributed by atoms with Crippen molar-refractivity contribution in [2.75, 3.05) is 6.54 Å². The summed E-state index contributed by atoms with van der Waals surface area (Å²) in [6.45, 7) is 2.69. The molecule has 2 rings (SSSR count). The smallest absolute Gasteiger partial charge is 0.212 e. The maximum absolute atomic E-state index is 12.5. The number of piperidine rings is 1. The molecule has 5 heteroatoms. The number of halogens is 1. The van der Waals surface area contributed by atoms with E-state index in [4.69, 9.17) is 11.6 Å². The lowest BCUT2D eigenvalue weighted by Gasteiger charge is -2.34. The summed E-state index contributed by atoms with van der Waals surface area (Å²) in [6, 6.07) is 7.31. The Labute approximate surface area is 120 Å². The van der Waals surface area contributed by atoms with Gasteiger partial charge < -0.3 is 0 Å². The minimum atomic E-state index is -3.27. The molecule has 1 aromatic carbocycles. The summed E-state index contributed by atoms with van der Waals surface area (Å²) in [4.78, 5) is 0. The Kier molecular flexibility index (Phi) is 4.87. The normalized spacial score (nSPS) is 21.5. The van der Waals surface area contributed by atoms with Gasteiger partial charge in [-0.05, 0) is 30.9 Å². The highest BCUT2D eigenvalue weighted by molar-refractivity contribution is 7.88. The van der Waals surface area contributed by atoms with Crippen molar-refractivity contribution in [3.05, 3.63) is 34.9 Å². The summed E-state index contributed by atoms with van der Waals surface area (Å²) in [5, 5.41) is 0.524. The summed E-state index contributed by atoms with van der Waals surface area (Å²) >= 11 is 6.06. The molecule has 19 heavy (non-hydrogen) atoms. The molecule has 1 atom stereocenters. The predicted molar refractivity (Wildman–Crippen MR) is 78.7 cm³/mol. The van der Waals surface area contributed by atoms with Crippen LogP contribution >= 0.6 is 11.6 Å². The molecular weight excluding hydrogens is 282 g/mol. The third-order valence-electron chi connectivity index (χ3n) is 3.70. The van der Waals surface area contributed by atoms with Crippen molar-refractivity contribution in [2.24, 2.45) is 0 Å². The van der Waals surface area contributed by atoms with Crippen LogP contribution in [0.15, 0.2) is 24.3 Å². The van der Waals surface area contributed by atoms with E-state index >= 15 is 0 Å². The highest BCUT2D eigenvalue weighted by Crippen LogP contribution is 2.26. The average Bonchev–Trinajstić information content (AvgIpc) is 2.41. The number of benzene rings is 1. The first-order valence-corrected chi connectivity index (χ1v) is 8.76. The van der Waals surface area contributed by atoms with Gasteiger partial charge in [-0.25, -0.2) is 8.42 Å². The molecule has 0 spiro atoms. The molecule has 0 saturated carbocycles. The Balaban J connectivity index is 2.20. The summed E-state index contributed by atoms with van der Waals surface area (Å²) in [5.74, 6) is 0.00315. The summed E-state index contributed by atoms with van der Waals surface area (Å²) in [6.07, 6.45) is 3.93. The Morgan fingerprint density at radius 1 is 1.32 bits per heavy atom. The zero-order valence-corrected chi connectivity index (χ0v) is 12.8. The average molecular weight is 302 g/mol. The van der Waals surface area contributed by atoms with Gasteiger partial charge in [-0.3, -0.25) is 0 Å². The van der Waals surface area contributed by atoms with E-state index in [2.05, 4.69) is 0 Å². The summed E-state index contributed by atoms with van der Waals surface area (Å²) in [7, 11) is -3.27. The second-order valence-electron chi connectivity index (χ2n) is 5.02. The number of hydrogen-bond donors (Lipinski definition) is 0. The van der Waals surface area contributed by atoms with Crippen LogP contribution in [0.5, 0.6) is 0 Å². The predicted octanol–water partition coefficient (Wildman–Crippen LogP) is 3.43.